The van der Waals surface area contributed by atoms with Gasteiger partial charge in [-0.15, -0.1) is 10.2 Å². The number of aldehydes is 1. The first kappa shape index (κ1) is 29.0. The van der Waals surface area contributed by atoms with Gasteiger partial charge in [0.15, 0.2) is 11.6 Å². The van der Waals surface area contributed by atoms with Gasteiger partial charge in [-0.3, -0.25) is 14.6 Å². The topological polar surface area (TPSA) is 91.8 Å². The van der Waals surface area contributed by atoms with Crippen molar-refractivity contribution in [3.63, 3.8) is 0 Å². The Bertz CT molecular complexity index is 1160. The predicted molar refractivity (Wildman–Crippen MR) is 148 cm³/mol. The van der Waals surface area contributed by atoms with Gasteiger partial charge in [-0.25, -0.2) is 9.37 Å². The fourth-order valence-corrected chi connectivity index (χ4v) is 6.32. The number of rotatable bonds is 12. The molecule has 0 saturated carbocycles. The SMILES string of the molecule is CC(C)C(C(=O)c1cc(F)ccc1Oc1nncnc1N1CCC2(C1)CN(C(CCC=O)C(C)C)C2)N(C)C. The molecular formula is C29H41FN6O3. The lowest BCUT2D eigenvalue weighted by atomic mass is 9.76. The minimum atomic E-state index is -0.506. The normalized spacial score (nSPS) is 18.6. The molecule has 2 saturated heterocycles. The Hall–Kier alpha value is -2.98. The third-order valence-electron chi connectivity index (χ3n) is 8.08. The van der Waals surface area contributed by atoms with Crippen molar-refractivity contribution in [3.8, 4) is 11.6 Å². The predicted octanol–water partition coefficient (Wildman–Crippen LogP) is 4.09. The Balaban J connectivity index is 1.52. The van der Waals surface area contributed by atoms with E-state index in [4.69, 9.17) is 4.74 Å². The van der Waals surface area contributed by atoms with E-state index < -0.39 is 11.9 Å². The molecule has 2 aliphatic rings. The largest absolute Gasteiger partial charge is 0.434 e. The molecule has 0 amide bonds. The van der Waals surface area contributed by atoms with Gasteiger partial charge in [0.05, 0.1) is 11.6 Å². The highest BCUT2D eigenvalue weighted by Crippen LogP contribution is 2.44. The molecular weight excluding hydrogens is 499 g/mol. The van der Waals surface area contributed by atoms with Crippen LogP contribution < -0.4 is 9.64 Å². The summed E-state index contributed by atoms with van der Waals surface area (Å²) in [6, 6.07) is 3.94. The number of halogens is 1. The van der Waals surface area contributed by atoms with E-state index in [0.717, 1.165) is 45.3 Å². The van der Waals surface area contributed by atoms with Crippen LogP contribution in [0, 0.1) is 23.1 Å². The lowest BCUT2D eigenvalue weighted by Gasteiger charge is -2.52. The monoisotopic (exact) mass is 540 g/mol. The molecule has 0 radical (unpaired) electrons. The molecule has 212 valence electrons. The molecule has 2 unspecified atom stereocenters. The van der Waals surface area contributed by atoms with E-state index >= 15 is 0 Å². The van der Waals surface area contributed by atoms with E-state index in [0.29, 0.717) is 24.2 Å². The second-order valence-electron chi connectivity index (χ2n) is 12.0. The van der Waals surface area contributed by atoms with Gasteiger partial charge in [0, 0.05) is 44.1 Å². The minimum Gasteiger partial charge on any atom is -0.434 e. The number of benzene rings is 1. The van der Waals surface area contributed by atoms with Crippen molar-refractivity contribution in [1.82, 2.24) is 25.0 Å². The number of nitrogens with zero attached hydrogens (tertiary/aromatic N) is 6. The van der Waals surface area contributed by atoms with Crippen molar-refractivity contribution in [1.29, 1.82) is 0 Å². The molecule has 1 spiro atoms. The fraction of sp³-hybridized carbons (Fsp3) is 0.621. The number of Topliss-reactive ketones (excluding diaryl/α,β-unsaturated/α-hetero) is 1. The third-order valence-corrected chi connectivity index (χ3v) is 8.08. The summed E-state index contributed by atoms with van der Waals surface area (Å²) in [6.07, 6.45) is 4.90. The first-order chi connectivity index (χ1) is 18.5. The lowest BCUT2D eigenvalue weighted by molar-refractivity contribution is -0.108. The molecule has 1 aromatic heterocycles. The average molecular weight is 541 g/mol. The number of likely N-dealkylation sites (tertiary alicyclic amines) is 1. The summed E-state index contributed by atoms with van der Waals surface area (Å²) in [5.74, 6) is 0.785. The molecule has 0 aliphatic carbocycles. The standard InChI is InChI=1S/C29H41FN6O3/c1-19(2)23(8-7-13-37)36-16-29(17-36)11-12-35(15-29)27-28(33-32-18-31-27)39-24-10-9-21(30)14-22(24)26(38)25(20(3)4)34(5)6/h9-10,13-14,18-20,23,25H,7-8,11-12,15-17H2,1-6H3. The van der Waals surface area contributed by atoms with Gasteiger partial charge in [0.25, 0.3) is 5.88 Å². The number of carbonyl (C=O) groups excluding carboxylic acids is 2. The molecule has 2 aromatic rings. The van der Waals surface area contributed by atoms with Crippen LogP contribution in [0.5, 0.6) is 11.6 Å². The summed E-state index contributed by atoms with van der Waals surface area (Å²) in [5.41, 5.74) is 0.325. The van der Waals surface area contributed by atoms with Gasteiger partial charge in [-0.05, 0) is 57.0 Å². The number of carbonyl (C=O) groups is 2. The van der Waals surface area contributed by atoms with Gasteiger partial charge in [-0.2, -0.15) is 0 Å². The smallest absolute Gasteiger partial charge is 0.282 e. The van der Waals surface area contributed by atoms with Crippen molar-refractivity contribution in [2.24, 2.45) is 17.3 Å². The highest BCUT2D eigenvalue weighted by Gasteiger charge is 2.50. The van der Waals surface area contributed by atoms with Crippen molar-refractivity contribution in [2.45, 2.75) is 59.0 Å². The fourth-order valence-electron chi connectivity index (χ4n) is 6.32. The number of ketones is 1. The van der Waals surface area contributed by atoms with Crippen molar-refractivity contribution in [3.05, 3.63) is 35.9 Å². The summed E-state index contributed by atoms with van der Waals surface area (Å²) in [4.78, 5) is 35.4. The number of likely N-dealkylation sites (N-methyl/N-ethyl adjacent to an activating group) is 1. The van der Waals surface area contributed by atoms with E-state index in [1.807, 2.05) is 32.8 Å². The lowest BCUT2D eigenvalue weighted by Crippen LogP contribution is -2.61. The summed E-state index contributed by atoms with van der Waals surface area (Å²) in [7, 11) is 3.67. The zero-order chi connectivity index (χ0) is 28.3. The highest BCUT2D eigenvalue weighted by atomic mass is 19.1. The Labute approximate surface area is 230 Å². The van der Waals surface area contributed by atoms with E-state index in [1.165, 1.54) is 24.5 Å². The van der Waals surface area contributed by atoms with Crippen LogP contribution in [0.1, 0.15) is 57.3 Å². The maximum atomic E-state index is 14.3. The zero-order valence-electron chi connectivity index (χ0n) is 23.9. The van der Waals surface area contributed by atoms with Gasteiger partial charge >= 0.3 is 0 Å². The first-order valence-corrected chi connectivity index (χ1v) is 13.8. The Morgan fingerprint density at radius 1 is 1.18 bits per heavy atom. The molecule has 1 aromatic carbocycles. The Morgan fingerprint density at radius 2 is 1.92 bits per heavy atom. The zero-order valence-corrected chi connectivity index (χ0v) is 23.9. The van der Waals surface area contributed by atoms with E-state index in [2.05, 4.69) is 38.8 Å². The number of aromatic nitrogens is 3. The maximum absolute atomic E-state index is 14.3. The van der Waals surface area contributed by atoms with Crippen LogP contribution in [0.3, 0.4) is 0 Å². The second kappa shape index (κ2) is 12.0. The van der Waals surface area contributed by atoms with Crippen LogP contribution in [0.2, 0.25) is 0 Å². The van der Waals surface area contributed by atoms with Crippen LogP contribution >= 0.6 is 0 Å². The Morgan fingerprint density at radius 3 is 2.56 bits per heavy atom. The highest BCUT2D eigenvalue weighted by molar-refractivity contribution is 6.02. The third kappa shape index (κ3) is 6.27. The maximum Gasteiger partial charge on any atom is 0.282 e. The van der Waals surface area contributed by atoms with Gasteiger partial charge in [-0.1, -0.05) is 27.7 Å². The van der Waals surface area contributed by atoms with Crippen LogP contribution in [-0.4, -0.2) is 89.4 Å². The summed E-state index contributed by atoms with van der Waals surface area (Å²) in [5, 5.41) is 8.15. The van der Waals surface area contributed by atoms with Crippen molar-refractivity contribution >= 4 is 17.9 Å². The quantitative estimate of drug-likeness (QED) is 0.292. The van der Waals surface area contributed by atoms with Gasteiger partial charge in [0.2, 0.25) is 0 Å². The van der Waals surface area contributed by atoms with Crippen LogP contribution in [0.25, 0.3) is 0 Å². The number of hydrogen-bond donors (Lipinski definition) is 0. The molecule has 0 bridgehead atoms. The minimum absolute atomic E-state index is 0.0222. The number of ether oxygens (including phenoxy) is 1. The van der Waals surface area contributed by atoms with Gasteiger partial charge < -0.3 is 14.4 Å². The van der Waals surface area contributed by atoms with E-state index in [-0.39, 0.29) is 34.3 Å². The molecule has 9 nitrogen and oxygen atoms in total. The van der Waals surface area contributed by atoms with E-state index in [1.54, 1.807) is 0 Å². The van der Waals surface area contributed by atoms with Crippen molar-refractivity contribution < 1.29 is 18.7 Å². The Kier molecular flexibility index (Phi) is 8.96. The molecule has 0 N–H and O–H groups in total. The summed E-state index contributed by atoms with van der Waals surface area (Å²) in [6.45, 7) is 11.9. The number of hydrogen-bond acceptors (Lipinski definition) is 9. The number of anilines is 1. The van der Waals surface area contributed by atoms with Crippen LogP contribution in [0.4, 0.5) is 10.2 Å². The van der Waals surface area contributed by atoms with Crippen LogP contribution in [0.15, 0.2) is 24.5 Å². The van der Waals surface area contributed by atoms with Crippen molar-refractivity contribution in [2.75, 3.05) is 45.2 Å². The summed E-state index contributed by atoms with van der Waals surface area (Å²) >= 11 is 0. The van der Waals surface area contributed by atoms with Gasteiger partial charge in [0.1, 0.15) is 24.2 Å². The molecule has 3 heterocycles. The molecule has 4 rings (SSSR count). The first-order valence-electron chi connectivity index (χ1n) is 13.8. The van der Waals surface area contributed by atoms with Crippen LogP contribution in [-0.2, 0) is 4.79 Å². The van der Waals surface area contributed by atoms with E-state index in [9.17, 15) is 14.0 Å². The molecule has 10 heteroatoms. The molecule has 2 atom stereocenters. The second-order valence-corrected chi connectivity index (χ2v) is 12.0. The molecule has 2 fully saturated rings. The average Bonchev–Trinajstić information content (AvgIpc) is 3.30. The molecule has 39 heavy (non-hydrogen) atoms. The molecule has 2 aliphatic heterocycles. The summed E-state index contributed by atoms with van der Waals surface area (Å²) < 4.78 is 20.4.